The average molecular weight is 316 g/mol. The van der Waals surface area contributed by atoms with Crippen LogP contribution in [0.15, 0.2) is 41.2 Å². The molecule has 0 unspecified atom stereocenters. The van der Waals surface area contributed by atoms with E-state index in [4.69, 9.17) is 4.74 Å². The highest BCUT2D eigenvalue weighted by atomic mass is 16.5. The molecule has 8 nitrogen and oxygen atoms in total. The van der Waals surface area contributed by atoms with E-state index in [1.807, 2.05) is 0 Å². The van der Waals surface area contributed by atoms with Crippen molar-refractivity contribution in [1.82, 2.24) is 20.8 Å². The predicted octanol–water partition coefficient (Wildman–Crippen LogP) is -0.0617. The fraction of sp³-hybridized carbons (Fsp3) is 0.200. The molecule has 1 aromatic heterocycles. The van der Waals surface area contributed by atoms with E-state index in [1.165, 1.54) is 19.2 Å². The number of amides is 2. The summed E-state index contributed by atoms with van der Waals surface area (Å²) in [6.45, 7) is 0.465. The molecule has 0 spiro atoms. The zero-order valence-corrected chi connectivity index (χ0v) is 12.5. The van der Waals surface area contributed by atoms with E-state index in [9.17, 15) is 14.4 Å². The number of nitrogens with zero attached hydrogens (tertiary/aromatic N) is 1. The summed E-state index contributed by atoms with van der Waals surface area (Å²) in [5, 5.41) is 11.0. The highest BCUT2D eigenvalue weighted by molar-refractivity contribution is 5.97. The van der Waals surface area contributed by atoms with Gasteiger partial charge in [0.25, 0.3) is 17.4 Å². The van der Waals surface area contributed by atoms with Crippen LogP contribution in [0.3, 0.4) is 0 Å². The fourth-order valence-corrected chi connectivity index (χ4v) is 1.84. The quantitative estimate of drug-likeness (QED) is 0.646. The summed E-state index contributed by atoms with van der Waals surface area (Å²) in [4.78, 5) is 34.6. The first-order valence-corrected chi connectivity index (χ1v) is 6.87. The number of hydrogen-bond acceptors (Lipinski definition) is 5. The van der Waals surface area contributed by atoms with Crippen molar-refractivity contribution in [2.45, 2.75) is 0 Å². The lowest BCUT2D eigenvalue weighted by atomic mass is 10.2. The molecule has 3 N–H and O–H groups in total. The van der Waals surface area contributed by atoms with Gasteiger partial charge >= 0.3 is 0 Å². The zero-order valence-electron chi connectivity index (χ0n) is 12.5. The molecule has 0 bridgehead atoms. The van der Waals surface area contributed by atoms with Crippen LogP contribution in [-0.2, 0) is 0 Å². The maximum Gasteiger partial charge on any atom is 0.271 e. The number of carbonyl (C=O) groups excluding carboxylic acids is 2. The van der Waals surface area contributed by atoms with Crippen molar-refractivity contribution in [3.05, 3.63) is 58.0 Å². The van der Waals surface area contributed by atoms with Crippen molar-refractivity contribution in [3.8, 4) is 5.75 Å². The van der Waals surface area contributed by atoms with Crippen molar-refractivity contribution in [1.29, 1.82) is 0 Å². The molecule has 0 atom stereocenters. The van der Waals surface area contributed by atoms with Gasteiger partial charge < -0.3 is 15.4 Å². The number of benzene rings is 1. The van der Waals surface area contributed by atoms with Crippen molar-refractivity contribution in [2.24, 2.45) is 0 Å². The first-order valence-electron chi connectivity index (χ1n) is 6.87. The summed E-state index contributed by atoms with van der Waals surface area (Å²) in [5.74, 6) is -0.252. The molecule has 0 aliphatic rings. The molecule has 2 amide bonds. The molecule has 1 heterocycles. The van der Waals surface area contributed by atoms with Crippen LogP contribution in [0, 0.1) is 0 Å². The van der Waals surface area contributed by atoms with Crippen LogP contribution in [0.4, 0.5) is 0 Å². The van der Waals surface area contributed by atoms with Gasteiger partial charge in [0.15, 0.2) is 0 Å². The van der Waals surface area contributed by atoms with Gasteiger partial charge in [-0.2, -0.15) is 5.10 Å². The Morgan fingerprint density at radius 1 is 1.09 bits per heavy atom. The van der Waals surface area contributed by atoms with Gasteiger partial charge in [0.2, 0.25) is 0 Å². The number of hydrogen-bond donors (Lipinski definition) is 3. The highest BCUT2D eigenvalue weighted by Crippen LogP contribution is 2.16. The third-order valence-electron chi connectivity index (χ3n) is 2.96. The normalized spacial score (nSPS) is 9.96. The minimum absolute atomic E-state index is 0.0978. The number of nitrogens with one attached hydrogen (secondary N) is 3. The second-order valence-corrected chi connectivity index (χ2v) is 4.52. The lowest BCUT2D eigenvalue weighted by Crippen LogP contribution is -2.35. The predicted molar refractivity (Wildman–Crippen MR) is 82.5 cm³/mol. The average Bonchev–Trinajstić information content (AvgIpc) is 2.58. The van der Waals surface area contributed by atoms with Gasteiger partial charge in [-0.3, -0.25) is 14.4 Å². The summed E-state index contributed by atoms with van der Waals surface area (Å²) in [5.41, 5.74) is 0.134. The summed E-state index contributed by atoms with van der Waals surface area (Å²) < 4.78 is 5.11. The molecule has 0 saturated carbocycles. The zero-order chi connectivity index (χ0) is 16.7. The third kappa shape index (κ3) is 4.40. The number of ether oxygens (including phenoxy) is 1. The van der Waals surface area contributed by atoms with Crippen molar-refractivity contribution in [3.63, 3.8) is 0 Å². The Labute approximate surface area is 131 Å². The molecule has 0 saturated heterocycles. The Balaban J connectivity index is 1.81. The van der Waals surface area contributed by atoms with Gasteiger partial charge in [0.1, 0.15) is 11.4 Å². The Bertz CT molecular complexity index is 737. The lowest BCUT2D eigenvalue weighted by molar-refractivity contribution is 0.0923. The number of H-pyrrole nitrogens is 1. The summed E-state index contributed by atoms with van der Waals surface area (Å²) in [7, 11) is 1.49. The molecule has 2 aromatic rings. The first kappa shape index (κ1) is 16.2. The molecular weight excluding hydrogens is 300 g/mol. The fourth-order valence-electron chi connectivity index (χ4n) is 1.84. The van der Waals surface area contributed by atoms with E-state index in [-0.39, 0.29) is 30.2 Å². The topological polar surface area (TPSA) is 113 Å². The maximum atomic E-state index is 12.0. The Hall–Kier alpha value is -3.16. The monoisotopic (exact) mass is 316 g/mol. The smallest absolute Gasteiger partial charge is 0.271 e. The van der Waals surface area contributed by atoms with Crippen molar-refractivity contribution in [2.75, 3.05) is 20.2 Å². The lowest BCUT2D eigenvalue weighted by Gasteiger charge is -2.09. The molecule has 0 fully saturated rings. The Morgan fingerprint density at radius 3 is 2.43 bits per heavy atom. The summed E-state index contributed by atoms with van der Waals surface area (Å²) in [6, 6.07) is 9.39. The van der Waals surface area contributed by atoms with Crippen LogP contribution in [0.2, 0.25) is 0 Å². The number of methoxy groups -OCH3 is 1. The number of carbonyl (C=O) groups is 2. The largest absolute Gasteiger partial charge is 0.496 e. The van der Waals surface area contributed by atoms with Crippen LogP contribution in [-0.4, -0.2) is 42.2 Å². The molecule has 8 heteroatoms. The van der Waals surface area contributed by atoms with Gasteiger partial charge in [-0.25, -0.2) is 5.10 Å². The van der Waals surface area contributed by atoms with Crippen LogP contribution in [0.1, 0.15) is 20.8 Å². The molecule has 1 aromatic carbocycles. The molecule has 23 heavy (non-hydrogen) atoms. The van der Waals surface area contributed by atoms with E-state index >= 15 is 0 Å². The maximum absolute atomic E-state index is 12.0. The van der Waals surface area contributed by atoms with E-state index in [2.05, 4.69) is 20.8 Å². The summed E-state index contributed by atoms with van der Waals surface area (Å²) in [6.07, 6.45) is 0. The van der Waals surface area contributed by atoms with Crippen LogP contribution in [0.5, 0.6) is 5.75 Å². The third-order valence-corrected chi connectivity index (χ3v) is 2.96. The molecule has 0 radical (unpaired) electrons. The second kappa shape index (κ2) is 7.74. The van der Waals surface area contributed by atoms with Crippen LogP contribution < -0.4 is 20.9 Å². The van der Waals surface area contributed by atoms with E-state index in [0.717, 1.165) is 0 Å². The number of aromatic nitrogens is 2. The second-order valence-electron chi connectivity index (χ2n) is 4.52. The number of aromatic amines is 1. The van der Waals surface area contributed by atoms with Gasteiger partial charge in [-0.05, 0) is 18.2 Å². The molecule has 120 valence electrons. The molecule has 0 aliphatic carbocycles. The van der Waals surface area contributed by atoms with Crippen LogP contribution in [0.25, 0.3) is 0 Å². The van der Waals surface area contributed by atoms with E-state index in [0.29, 0.717) is 11.3 Å². The standard InChI is InChI=1S/C15H16N4O4/c1-23-12-5-3-2-4-10(12)14(21)16-8-9-17-15(22)11-6-7-13(20)19-18-11/h2-7H,8-9H2,1H3,(H,16,21)(H,17,22)(H,19,20). The van der Waals surface area contributed by atoms with E-state index < -0.39 is 5.91 Å². The Morgan fingerprint density at radius 2 is 1.78 bits per heavy atom. The van der Waals surface area contributed by atoms with Crippen molar-refractivity contribution >= 4 is 11.8 Å². The van der Waals surface area contributed by atoms with Gasteiger partial charge in [0.05, 0.1) is 12.7 Å². The first-order chi connectivity index (χ1) is 11.1. The number of rotatable bonds is 6. The highest BCUT2D eigenvalue weighted by Gasteiger charge is 2.11. The van der Waals surface area contributed by atoms with Crippen LogP contribution >= 0.6 is 0 Å². The van der Waals surface area contributed by atoms with E-state index in [1.54, 1.807) is 24.3 Å². The molecule has 2 rings (SSSR count). The minimum Gasteiger partial charge on any atom is -0.496 e. The van der Waals surface area contributed by atoms with Gasteiger partial charge in [0, 0.05) is 19.2 Å². The Kier molecular flexibility index (Phi) is 5.45. The van der Waals surface area contributed by atoms with Gasteiger partial charge in [-0.15, -0.1) is 0 Å². The number of para-hydroxylation sites is 1. The SMILES string of the molecule is COc1ccccc1C(=O)NCCNC(=O)c1ccc(=O)[nH]n1. The van der Waals surface area contributed by atoms with Crippen molar-refractivity contribution < 1.29 is 14.3 Å². The minimum atomic E-state index is -0.437. The summed E-state index contributed by atoms with van der Waals surface area (Å²) >= 11 is 0. The van der Waals surface area contributed by atoms with Gasteiger partial charge in [-0.1, -0.05) is 12.1 Å². The molecule has 0 aliphatic heterocycles. The molecular formula is C15H16N4O4.